The number of aliphatic imine (C=N–C) groups is 1. The first-order valence-corrected chi connectivity index (χ1v) is 10.2. The van der Waals surface area contributed by atoms with Crippen LogP contribution in [0.15, 0.2) is 59.6 Å². The minimum Gasteiger partial charge on any atom is -0.378 e. The van der Waals surface area contributed by atoms with Crippen molar-refractivity contribution in [2.75, 3.05) is 44.8 Å². The van der Waals surface area contributed by atoms with Crippen LogP contribution in [0.4, 0.5) is 5.69 Å². The molecular weight excluding hydrogens is 348 g/mol. The second-order valence-corrected chi connectivity index (χ2v) is 7.69. The molecule has 2 aromatic carbocycles. The Kier molecular flexibility index (Phi) is 5.81. The van der Waals surface area contributed by atoms with E-state index in [-0.39, 0.29) is 5.41 Å². The molecule has 1 saturated carbocycles. The van der Waals surface area contributed by atoms with E-state index in [1.807, 2.05) is 7.05 Å². The summed E-state index contributed by atoms with van der Waals surface area (Å²) in [4.78, 5) is 6.77. The van der Waals surface area contributed by atoms with Crippen molar-refractivity contribution < 1.29 is 4.74 Å². The van der Waals surface area contributed by atoms with Gasteiger partial charge in [0.15, 0.2) is 5.96 Å². The third-order valence-corrected chi connectivity index (χ3v) is 5.83. The fourth-order valence-electron chi connectivity index (χ4n) is 3.82. The lowest BCUT2D eigenvalue weighted by Crippen LogP contribution is -2.40. The molecule has 0 atom stereocenters. The molecule has 1 aliphatic heterocycles. The largest absolute Gasteiger partial charge is 0.378 e. The van der Waals surface area contributed by atoms with E-state index in [1.54, 1.807) is 0 Å². The van der Waals surface area contributed by atoms with Crippen LogP contribution in [0.2, 0.25) is 0 Å². The van der Waals surface area contributed by atoms with Crippen molar-refractivity contribution in [1.82, 2.24) is 10.6 Å². The Morgan fingerprint density at radius 2 is 1.71 bits per heavy atom. The normalized spacial score (nSPS) is 18.6. The lowest BCUT2D eigenvalue weighted by atomic mass is 9.96. The smallest absolute Gasteiger partial charge is 0.191 e. The Hall–Kier alpha value is -2.53. The van der Waals surface area contributed by atoms with Gasteiger partial charge in [0.1, 0.15) is 0 Å². The molecule has 2 aromatic rings. The Morgan fingerprint density at radius 1 is 1.00 bits per heavy atom. The molecular formula is C23H30N4O. The number of anilines is 1. The van der Waals surface area contributed by atoms with Crippen LogP contribution in [-0.2, 0) is 16.7 Å². The highest BCUT2D eigenvalue weighted by Crippen LogP contribution is 2.47. The SMILES string of the molecule is CN=C(NCc1ccc(N2CCOCC2)cc1)NCC1(c2ccccc2)CC1. The fourth-order valence-corrected chi connectivity index (χ4v) is 3.82. The van der Waals surface area contributed by atoms with Crippen LogP contribution in [-0.4, -0.2) is 45.9 Å². The minimum absolute atomic E-state index is 0.276. The van der Waals surface area contributed by atoms with Gasteiger partial charge in [-0.1, -0.05) is 42.5 Å². The van der Waals surface area contributed by atoms with Gasteiger partial charge < -0.3 is 20.3 Å². The summed E-state index contributed by atoms with van der Waals surface area (Å²) in [6, 6.07) is 19.6. The van der Waals surface area contributed by atoms with Gasteiger partial charge in [0, 0.05) is 44.3 Å². The molecule has 28 heavy (non-hydrogen) atoms. The zero-order chi connectivity index (χ0) is 19.2. The van der Waals surface area contributed by atoms with Crippen LogP contribution in [0, 0.1) is 0 Å². The average Bonchev–Trinajstić information content (AvgIpc) is 3.57. The van der Waals surface area contributed by atoms with Crippen molar-refractivity contribution in [2.24, 2.45) is 4.99 Å². The van der Waals surface area contributed by atoms with Gasteiger partial charge in [-0.2, -0.15) is 0 Å². The lowest BCUT2D eigenvalue weighted by molar-refractivity contribution is 0.122. The maximum Gasteiger partial charge on any atom is 0.191 e. The second-order valence-electron chi connectivity index (χ2n) is 7.69. The number of nitrogens with one attached hydrogen (secondary N) is 2. The monoisotopic (exact) mass is 378 g/mol. The van der Waals surface area contributed by atoms with E-state index in [1.165, 1.54) is 29.7 Å². The van der Waals surface area contributed by atoms with Gasteiger partial charge in [-0.15, -0.1) is 0 Å². The van der Waals surface area contributed by atoms with Gasteiger partial charge in [-0.3, -0.25) is 4.99 Å². The molecule has 0 unspecified atom stereocenters. The first-order chi connectivity index (χ1) is 13.8. The van der Waals surface area contributed by atoms with E-state index in [0.29, 0.717) is 0 Å². The molecule has 4 rings (SSSR count). The fraction of sp³-hybridized carbons (Fsp3) is 0.435. The van der Waals surface area contributed by atoms with Crippen molar-refractivity contribution in [3.05, 3.63) is 65.7 Å². The highest BCUT2D eigenvalue weighted by atomic mass is 16.5. The molecule has 1 heterocycles. The predicted molar refractivity (Wildman–Crippen MR) is 115 cm³/mol. The molecule has 2 fully saturated rings. The number of nitrogens with zero attached hydrogens (tertiary/aromatic N) is 2. The summed E-state index contributed by atoms with van der Waals surface area (Å²) < 4.78 is 5.43. The van der Waals surface area contributed by atoms with Crippen molar-refractivity contribution in [1.29, 1.82) is 0 Å². The van der Waals surface area contributed by atoms with Crippen LogP contribution in [0.5, 0.6) is 0 Å². The molecule has 1 saturated heterocycles. The van der Waals surface area contributed by atoms with E-state index in [9.17, 15) is 0 Å². The van der Waals surface area contributed by atoms with Crippen molar-refractivity contribution in [3.63, 3.8) is 0 Å². The quantitative estimate of drug-likeness (QED) is 0.599. The topological polar surface area (TPSA) is 48.9 Å². The average molecular weight is 379 g/mol. The van der Waals surface area contributed by atoms with Crippen molar-refractivity contribution >= 4 is 11.6 Å². The van der Waals surface area contributed by atoms with Crippen LogP contribution in [0.25, 0.3) is 0 Å². The van der Waals surface area contributed by atoms with E-state index < -0.39 is 0 Å². The number of ether oxygens (including phenoxy) is 1. The molecule has 2 aliphatic rings. The zero-order valence-electron chi connectivity index (χ0n) is 16.7. The van der Waals surface area contributed by atoms with Crippen LogP contribution in [0.3, 0.4) is 0 Å². The highest BCUT2D eigenvalue weighted by molar-refractivity contribution is 5.79. The summed E-state index contributed by atoms with van der Waals surface area (Å²) in [5.74, 6) is 0.861. The molecule has 2 N–H and O–H groups in total. The maximum absolute atomic E-state index is 5.43. The Morgan fingerprint density at radius 3 is 2.36 bits per heavy atom. The standard InChI is InChI=1S/C23H30N4O/c1-24-22(26-18-23(11-12-23)20-5-3-2-4-6-20)25-17-19-7-9-21(10-8-19)27-13-15-28-16-14-27/h2-10H,11-18H2,1H3,(H2,24,25,26). The molecule has 0 aromatic heterocycles. The van der Waals surface area contributed by atoms with Gasteiger partial charge in [0.25, 0.3) is 0 Å². The predicted octanol–water partition coefficient (Wildman–Crippen LogP) is 2.92. The number of rotatable bonds is 6. The summed E-state index contributed by atoms with van der Waals surface area (Å²) in [5.41, 5.74) is 4.23. The summed E-state index contributed by atoms with van der Waals surface area (Å²) in [5, 5.41) is 6.96. The van der Waals surface area contributed by atoms with Crippen LogP contribution in [0.1, 0.15) is 24.0 Å². The minimum atomic E-state index is 0.276. The number of benzene rings is 2. The van der Waals surface area contributed by atoms with Crippen LogP contribution < -0.4 is 15.5 Å². The lowest BCUT2D eigenvalue weighted by Gasteiger charge is -2.29. The molecule has 0 amide bonds. The zero-order valence-corrected chi connectivity index (χ0v) is 16.7. The van der Waals surface area contributed by atoms with E-state index in [4.69, 9.17) is 4.74 Å². The third kappa shape index (κ3) is 4.47. The van der Waals surface area contributed by atoms with Crippen molar-refractivity contribution in [2.45, 2.75) is 24.8 Å². The molecule has 0 radical (unpaired) electrons. The summed E-state index contributed by atoms with van der Waals surface area (Å²) in [7, 11) is 1.83. The third-order valence-electron chi connectivity index (χ3n) is 5.83. The molecule has 0 spiro atoms. The molecule has 5 heteroatoms. The van der Waals surface area contributed by atoms with E-state index in [0.717, 1.165) is 45.4 Å². The van der Waals surface area contributed by atoms with Gasteiger partial charge in [-0.05, 0) is 36.1 Å². The maximum atomic E-state index is 5.43. The Balaban J connectivity index is 1.27. The summed E-state index contributed by atoms with van der Waals surface area (Å²) >= 11 is 0. The second kappa shape index (κ2) is 8.65. The number of morpholine rings is 1. The first kappa shape index (κ1) is 18.8. The molecule has 1 aliphatic carbocycles. The van der Waals surface area contributed by atoms with Gasteiger partial charge in [0.2, 0.25) is 0 Å². The van der Waals surface area contributed by atoms with Gasteiger partial charge in [-0.25, -0.2) is 0 Å². The molecule has 0 bridgehead atoms. The van der Waals surface area contributed by atoms with Crippen molar-refractivity contribution in [3.8, 4) is 0 Å². The molecule has 148 valence electrons. The highest BCUT2D eigenvalue weighted by Gasteiger charge is 2.43. The number of guanidine groups is 1. The summed E-state index contributed by atoms with van der Waals surface area (Å²) in [6.07, 6.45) is 2.48. The van der Waals surface area contributed by atoms with Gasteiger partial charge >= 0.3 is 0 Å². The van der Waals surface area contributed by atoms with E-state index >= 15 is 0 Å². The number of hydrogen-bond acceptors (Lipinski definition) is 3. The first-order valence-electron chi connectivity index (χ1n) is 10.2. The Bertz CT molecular complexity index is 778. The Labute approximate surface area is 167 Å². The van der Waals surface area contributed by atoms with Crippen LogP contribution >= 0.6 is 0 Å². The molecule has 5 nitrogen and oxygen atoms in total. The van der Waals surface area contributed by atoms with E-state index in [2.05, 4.69) is 75.1 Å². The number of hydrogen-bond donors (Lipinski definition) is 2. The van der Waals surface area contributed by atoms with Gasteiger partial charge in [0.05, 0.1) is 13.2 Å². The summed E-state index contributed by atoms with van der Waals surface area (Å²) in [6.45, 7) is 5.26.